The lowest BCUT2D eigenvalue weighted by Gasteiger charge is -2.39. The summed E-state index contributed by atoms with van der Waals surface area (Å²) in [6.07, 6.45) is 0.111. The predicted octanol–water partition coefficient (Wildman–Crippen LogP) is 0.885. The summed E-state index contributed by atoms with van der Waals surface area (Å²) in [6.45, 7) is 1.21. The van der Waals surface area contributed by atoms with E-state index in [-0.39, 0.29) is 36.2 Å². The van der Waals surface area contributed by atoms with Crippen molar-refractivity contribution >= 4 is 23.4 Å². The van der Waals surface area contributed by atoms with E-state index in [1.165, 1.54) is 6.92 Å². The average molecular weight is 321 g/mol. The quantitative estimate of drug-likeness (QED) is 0.494. The van der Waals surface area contributed by atoms with Gasteiger partial charge in [-0.1, -0.05) is 0 Å². The molecule has 0 aliphatic carbocycles. The fourth-order valence-corrected chi connectivity index (χ4v) is 2.99. The van der Waals surface area contributed by atoms with Crippen LogP contribution in [0.4, 0.5) is 10.1 Å². The highest BCUT2D eigenvalue weighted by atomic mass is 19.1. The van der Waals surface area contributed by atoms with E-state index < -0.39 is 34.0 Å². The molecule has 8 nitrogen and oxygen atoms in total. The van der Waals surface area contributed by atoms with E-state index in [1.807, 2.05) is 0 Å². The number of amides is 3. The maximum Gasteiger partial charge on any atom is 0.275 e. The zero-order valence-corrected chi connectivity index (χ0v) is 12.1. The normalized spacial score (nSPS) is 23.7. The molecule has 1 saturated heterocycles. The summed E-state index contributed by atoms with van der Waals surface area (Å²) in [5.74, 6) is -2.77. The van der Waals surface area contributed by atoms with Crippen molar-refractivity contribution in [2.24, 2.45) is 0 Å². The SMILES string of the molecule is CC1(N2Cc3c([N+](=O)[O-])ccc(F)c3C2=O)CCC(=O)NC1=O. The molecule has 1 aromatic carbocycles. The minimum Gasteiger partial charge on any atom is -0.319 e. The largest absolute Gasteiger partial charge is 0.319 e. The smallest absolute Gasteiger partial charge is 0.275 e. The first-order valence-corrected chi connectivity index (χ1v) is 6.87. The van der Waals surface area contributed by atoms with Crippen molar-refractivity contribution in [1.29, 1.82) is 0 Å². The van der Waals surface area contributed by atoms with Gasteiger partial charge in [-0.2, -0.15) is 0 Å². The van der Waals surface area contributed by atoms with Gasteiger partial charge >= 0.3 is 0 Å². The third-order valence-electron chi connectivity index (χ3n) is 4.39. The molecule has 1 unspecified atom stereocenters. The van der Waals surface area contributed by atoms with Gasteiger partial charge in [0, 0.05) is 12.5 Å². The first kappa shape index (κ1) is 15.1. The molecule has 3 rings (SSSR count). The lowest BCUT2D eigenvalue weighted by atomic mass is 9.89. The molecule has 0 aromatic heterocycles. The van der Waals surface area contributed by atoms with Crippen molar-refractivity contribution in [2.75, 3.05) is 0 Å². The monoisotopic (exact) mass is 321 g/mol. The Morgan fingerprint density at radius 3 is 2.65 bits per heavy atom. The first-order chi connectivity index (χ1) is 10.8. The highest BCUT2D eigenvalue weighted by Crippen LogP contribution is 2.38. The Hall–Kier alpha value is -2.84. The maximum absolute atomic E-state index is 14.0. The number of nitrogens with one attached hydrogen (secondary N) is 1. The van der Waals surface area contributed by atoms with Crippen molar-refractivity contribution in [3.05, 3.63) is 39.2 Å². The van der Waals surface area contributed by atoms with Crippen molar-refractivity contribution in [2.45, 2.75) is 31.8 Å². The topological polar surface area (TPSA) is 110 Å². The number of nitro benzene ring substituents is 1. The molecule has 1 fully saturated rings. The number of nitrogens with zero attached hydrogens (tertiary/aromatic N) is 2. The number of hydrogen-bond donors (Lipinski definition) is 1. The molecule has 0 radical (unpaired) electrons. The molecule has 1 N–H and O–H groups in total. The van der Waals surface area contributed by atoms with E-state index in [9.17, 15) is 28.9 Å². The van der Waals surface area contributed by atoms with E-state index in [0.717, 1.165) is 17.0 Å². The van der Waals surface area contributed by atoms with Gasteiger partial charge in [-0.15, -0.1) is 0 Å². The lowest BCUT2D eigenvalue weighted by molar-refractivity contribution is -0.385. The number of rotatable bonds is 2. The lowest BCUT2D eigenvalue weighted by Crippen LogP contribution is -2.61. The molecule has 120 valence electrons. The zero-order chi connectivity index (χ0) is 16.9. The number of fused-ring (bicyclic) bond motifs is 1. The van der Waals surface area contributed by atoms with Gasteiger partial charge in [0.25, 0.3) is 17.5 Å². The predicted molar refractivity (Wildman–Crippen MR) is 73.7 cm³/mol. The van der Waals surface area contributed by atoms with Gasteiger partial charge in [-0.05, 0) is 19.4 Å². The molecule has 2 aliphatic heterocycles. The van der Waals surface area contributed by atoms with Crippen LogP contribution >= 0.6 is 0 Å². The molecule has 0 bridgehead atoms. The van der Waals surface area contributed by atoms with Crippen LogP contribution < -0.4 is 5.32 Å². The molecule has 2 aliphatic rings. The Kier molecular flexibility index (Phi) is 3.17. The van der Waals surface area contributed by atoms with Crippen LogP contribution in [0.2, 0.25) is 0 Å². The standard InChI is InChI=1S/C14H12FN3O5/c1-14(5-4-10(19)16-13(14)21)17-6-7-9(18(22)23)3-2-8(15)11(7)12(17)20/h2-3H,4-6H2,1H3,(H,16,19,21). The van der Waals surface area contributed by atoms with Crippen molar-refractivity contribution < 1.29 is 23.7 Å². The Balaban J connectivity index is 2.06. The van der Waals surface area contributed by atoms with Crippen LogP contribution in [-0.4, -0.2) is 33.1 Å². The van der Waals surface area contributed by atoms with E-state index in [4.69, 9.17) is 0 Å². The summed E-state index contributed by atoms with van der Waals surface area (Å²) in [7, 11) is 0. The van der Waals surface area contributed by atoms with Gasteiger partial charge in [-0.25, -0.2) is 4.39 Å². The highest BCUT2D eigenvalue weighted by Gasteiger charge is 2.50. The van der Waals surface area contributed by atoms with Crippen LogP contribution in [-0.2, 0) is 16.1 Å². The van der Waals surface area contributed by atoms with Crippen LogP contribution in [0.1, 0.15) is 35.7 Å². The van der Waals surface area contributed by atoms with Crippen molar-refractivity contribution in [3.8, 4) is 0 Å². The van der Waals surface area contributed by atoms with E-state index in [0.29, 0.717) is 0 Å². The summed E-state index contributed by atoms with van der Waals surface area (Å²) >= 11 is 0. The minimum atomic E-state index is -1.36. The third kappa shape index (κ3) is 2.07. The number of hydrogen-bond acceptors (Lipinski definition) is 5. The van der Waals surface area contributed by atoms with Crippen LogP contribution in [0.15, 0.2) is 12.1 Å². The van der Waals surface area contributed by atoms with Crippen LogP contribution in [0.5, 0.6) is 0 Å². The minimum absolute atomic E-state index is 0.0347. The maximum atomic E-state index is 14.0. The van der Waals surface area contributed by atoms with Gasteiger partial charge in [0.05, 0.1) is 22.6 Å². The number of carbonyl (C=O) groups is 3. The molecule has 0 spiro atoms. The molecular formula is C14H12FN3O5. The fraction of sp³-hybridized carbons (Fsp3) is 0.357. The zero-order valence-electron chi connectivity index (χ0n) is 12.1. The second kappa shape index (κ2) is 4.83. The molecular weight excluding hydrogens is 309 g/mol. The molecule has 1 aromatic rings. The molecule has 9 heteroatoms. The van der Waals surface area contributed by atoms with Crippen LogP contribution in [0, 0.1) is 15.9 Å². The molecule has 3 amide bonds. The van der Waals surface area contributed by atoms with E-state index >= 15 is 0 Å². The van der Waals surface area contributed by atoms with E-state index in [2.05, 4.69) is 5.32 Å². The number of piperidine rings is 1. The van der Waals surface area contributed by atoms with Gasteiger partial charge in [-0.3, -0.25) is 29.8 Å². The summed E-state index contributed by atoms with van der Waals surface area (Å²) in [5, 5.41) is 13.2. The highest BCUT2D eigenvalue weighted by molar-refractivity contribution is 6.07. The van der Waals surface area contributed by atoms with Gasteiger partial charge < -0.3 is 4.90 Å². The summed E-state index contributed by atoms with van der Waals surface area (Å²) in [6, 6.07) is 1.86. The average Bonchev–Trinajstić information content (AvgIpc) is 2.82. The van der Waals surface area contributed by atoms with Gasteiger partial charge in [0.1, 0.15) is 11.4 Å². The van der Waals surface area contributed by atoms with Crippen molar-refractivity contribution in [1.82, 2.24) is 10.2 Å². The third-order valence-corrected chi connectivity index (χ3v) is 4.39. The van der Waals surface area contributed by atoms with Gasteiger partial charge in [0.2, 0.25) is 5.91 Å². The van der Waals surface area contributed by atoms with Crippen LogP contribution in [0.25, 0.3) is 0 Å². The van der Waals surface area contributed by atoms with Crippen molar-refractivity contribution in [3.63, 3.8) is 0 Å². The molecule has 1 atom stereocenters. The molecule has 0 saturated carbocycles. The number of imide groups is 1. The first-order valence-electron chi connectivity index (χ1n) is 6.87. The van der Waals surface area contributed by atoms with Gasteiger partial charge in [0.15, 0.2) is 0 Å². The van der Waals surface area contributed by atoms with E-state index in [1.54, 1.807) is 0 Å². The summed E-state index contributed by atoms with van der Waals surface area (Å²) in [4.78, 5) is 47.4. The Morgan fingerprint density at radius 2 is 2.04 bits per heavy atom. The second-order valence-corrected chi connectivity index (χ2v) is 5.72. The van der Waals surface area contributed by atoms with Crippen LogP contribution in [0.3, 0.4) is 0 Å². The summed E-state index contributed by atoms with van der Waals surface area (Å²) in [5.41, 5.74) is -2.16. The Morgan fingerprint density at radius 1 is 1.35 bits per heavy atom. The second-order valence-electron chi connectivity index (χ2n) is 5.72. The Bertz CT molecular complexity index is 778. The fourth-order valence-electron chi connectivity index (χ4n) is 2.99. The molecule has 2 heterocycles. The molecule has 23 heavy (non-hydrogen) atoms. The number of nitro groups is 1. The number of benzene rings is 1. The Labute approximate surface area is 129 Å². The number of halogens is 1. The summed E-state index contributed by atoms with van der Waals surface area (Å²) < 4.78 is 14.0. The number of carbonyl (C=O) groups excluding carboxylic acids is 3.